The van der Waals surface area contributed by atoms with Crippen LogP contribution in [-0.2, 0) is 0 Å². The van der Waals surface area contributed by atoms with Gasteiger partial charge in [0.1, 0.15) is 12.3 Å². The number of hydrogen-bond donors (Lipinski definition) is 2. The van der Waals surface area contributed by atoms with Crippen LogP contribution in [0.15, 0.2) is 18.3 Å². The van der Waals surface area contributed by atoms with Gasteiger partial charge in [0.2, 0.25) is 0 Å². The first-order valence-corrected chi connectivity index (χ1v) is 6.90. The van der Waals surface area contributed by atoms with E-state index < -0.39 is 0 Å². The Balaban J connectivity index is 2.17. The van der Waals surface area contributed by atoms with Crippen molar-refractivity contribution in [1.82, 2.24) is 10.3 Å². The molecule has 0 radical (unpaired) electrons. The van der Waals surface area contributed by atoms with Gasteiger partial charge in [-0.15, -0.1) is 0 Å². The van der Waals surface area contributed by atoms with Crippen molar-refractivity contribution in [3.05, 3.63) is 29.6 Å². The van der Waals surface area contributed by atoms with E-state index in [9.17, 15) is 4.79 Å². The van der Waals surface area contributed by atoms with Crippen molar-refractivity contribution in [2.24, 2.45) is 5.41 Å². The highest BCUT2D eigenvalue weighted by atomic mass is 16.2. The van der Waals surface area contributed by atoms with Crippen LogP contribution >= 0.6 is 0 Å². The Labute approximate surface area is 119 Å². The number of aliphatic hydroxyl groups excluding tert-OH is 1. The lowest BCUT2D eigenvalue weighted by atomic mass is 9.87. The van der Waals surface area contributed by atoms with Crippen LogP contribution in [-0.4, -0.2) is 28.6 Å². The molecule has 2 rings (SSSR count). The summed E-state index contributed by atoms with van der Waals surface area (Å²) in [6.45, 7) is 4.12. The van der Waals surface area contributed by atoms with Crippen LogP contribution in [0, 0.1) is 17.3 Å². The van der Waals surface area contributed by atoms with Crippen LogP contribution in [0.2, 0.25) is 0 Å². The second-order valence-electron chi connectivity index (χ2n) is 5.77. The monoisotopic (exact) mass is 272 g/mol. The summed E-state index contributed by atoms with van der Waals surface area (Å²) in [6, 6.07) is 3.65. The number of amides is 1. The lowest BCUT2D eigenvalue weighted by molar-refractivity contribution is 0.0904. The van der Waals surface area contributed by atoms with Gasteiger partial charge in [0.05, 0.1) is 5.56 Å². The maximum Gasteiger partial charge on any atom is 0.271 e. The van der Waals surface area contributed by atoms with Gasteiger partial charge in [0, 0.05) is 12.2 Å². The van der Waals surface area contributed by atoms with Crippen LogP contribution in [0.1, 0.15) is 49.2 Å². The van der Waals surface area contributed by atoms with Crippen molar-refractivity contribution >= 4 is 5.91 Å². The Kier molecular flexibility index (Phi) is 4.41. The number of aromatic nitrogens is 1. The summed E-state index contributed by atoms with van der Waals surface area (Å²) in [5, 5.41) is 11.8. The van der Waals surface area contributed by atoms with Gasteiger partial charge in [0.15, 0.2) is 0 Å². The molecule has 1 saturated carbocycles. The van der Waals surface area contributed by atoms with Crippen LogP contribution in [0.3, 0.4) is 0 Å². The molecule has 4 heteroatoms. The summed E-state index contributed by atoms with van der Waals surface area (Å²) in [6.07, 6.45) is 4.84. The molecule has 1 fully saturated rings. The number of carbonyl (C=O) groups is 1. The molecule has 2 N–H and O–H groups in total. The number of hydrogen-bond acceptors (Lipinski definition) is 3. The van der Waals surface area contributed by atoms with E-state index in [1.54, 1.807) is 18.3 Å². The fourth-order valence-corrected chi connectivity index (χ4v) is 2.64. The molecule has 0 spiro atoms. The molecular weight excluding hydrogens is 252 g/mol. The molecule has 1 aliphatic carbocycles. The number of carbonyl (C=O) groups excluding carboxylic acids is 1. The van der Waals surface area contributed by atoms with Gasteiger partial charge in [-0.25, -0.2) is 4.98 Å². The first-order chi connectivity index (χ1) is 9.54. The van der Waals surface area contributed by atoms with Gasteiger partial charge in [0.25, 0.3) is 5.91 Å². The summed E-state index contributed by atoms with van der Waals surface area (Å²) in [7, 11) is 0. The molecule has 20 heavy (non-hydrogen) atoms. The van der Waals surface area contributed by atoms with Crippen molar-refractivity contribution in [2.75, 3.05) is 6.61 Å². The minimum absolute atomic E-state index is 0.126. The number of pyridine rings is 1. The van der Waals surface area contributed by atoms with Crippen molar-refractivity contribution in [1.29, 1.82) is 0 Å². The number of aliphatic hydroxyl groups is 1. The molecule has 0 saturated heterocycles. The smallest absolute Gasteiger partial charge is 0.271 e. The van der Waals surface area contributed by atoms with E-state index in [0.29, 0.717) is 11.3 Å². The van der Waals surface area contributed by atoms with E-state index in [0.717, 1.165) is 19.3 Å². The Morgan fingerprint density at radius 2 is 2.40 bits per heavy atom. The maximum absolute atomic E-state index is 12.4. The minimum Gasteiger partial charge on any atom is -0.384 e. The maximum atomic E-state index is 12.4. The van der Waals surface area contributed by atoms with E-state index in [1.807, 2.05) is 0 Å². The predicted octanol–water partition coefficient (Wildman–Crippen LogP) is 1.73. The number of nitrogens with zero attached hydrogens (tertiary/aromatic N) is 1. The van der Waals surface area contributed by atoms with Crippen molar-refractivity contribution < 1.29 is 9.90 Å². The zero-order valence-electron chi connectivity index (χ0n) is 11.9. The van der Waals surface area contributed by atoms with Gasteiger partial charge in [-0.2, -0.15) is 0 Å². The SMILES string of the molecule is CC1(C)CCCC1NC(=O)c1ncccc1C#CCO. The molecule has 106 valence electrons. The van der Waals surface area contributed by atoms with E-state index >= 15 is 0 Å². The second kappa shape index (κ2) is 6.06. The highest BCUT2D eigenvalue weighted by Gasteiger charge is 2.35. The highest BCUT2D eigenvalue weighted by Crippen LogP contribution is 2.37. The fourth-order valence-electron chi connectivity index (χ4n) is 2.64. The van der Waals surface area contributed by atoms with E-state index in [1.165, 1.54) is 0 Å². The van der Waals surface area contributed by atoms with E-state index in [-0.39, 0.29) is 24.0 Å². The van der Waals surface area contributed by atoms with Crippen molar-refractivity contribution in [2.45, 2.75) is 39.2 Å². The third kappa shape index (κ3) is 3.17. The summed E-state index contributed by atoms with van der Waals surface area (Å²) in [5.74, 6) is 5.13. The third-order valence-corrected chi connectivity index (χ3v) is 3.89. The molecule has 1 unspecified atom stereocenters. The summed E-state index contributed by atoms with van der Waals surface area (Å²) >= 11 is 0. The number of nitrogens with one attached hydrogen (secondary N) is 1. The van der Waals surface area contributed by atoms with Crippen LogP contribution < -0.4 is 5.32 Å². The zero-order chi connectivity index (χ0) is 14.6. The standard InChI is InChI=1S/C16H20N2O2/c1-16(2)9-3-8-13(16)18-15(20)14-12(7-5-11-19)6-4-10-17-14/h4,6,10,13,19H,3,8-9,11H2,1-2H3,(H,18,20). The highest BCUT2D eigenvalue weighted by molar-refractivity contribution is 5.95. The molecule has 1 aromatic heterocycles. The Morgan fingerprint density at radius 1 is 1.60 bits per heavy atom. The topological polar surface area (TPSA) is 62.2 Å². The Bertz CT molecular complexity index is 555. The average molecular weight is 272 g/mol. The summed E-state index contributed by atoms with van der Waals surface area (Å²) < 4.78 is 0. The van der Waals surface area contributed by atoms with Crippen molar-refractivity contribution in [3.8, 4) is 11.8 Å². The van der Waals surface area contributed by atoms with E-state index in [4.69, 9.17) is 5.11 Å². The summed E-state index contributed by atoms with van der Waals surface area (Å²) in [5.41, 5.74) is 1.01. The lowest BCUT2D eigenvalue weighted by Gasteiger charge is -2.27. The first-order valence-electron chi connectivity index (χ1n) is 6.90. The average Bonchev–Trinajstić information content (AvgIpc) is 2.76. The molecule has 0 aliphatic heterocycles. The molecule has 4 nitrogen and oxygen atoms in total. The normalized spacial score (nSPS) is 20.1. The Hall–Kier alpha value is -1.86. The number of rotatable bonds is 2. The molecule has 0 bridgehead atoms. The molecule has 1 heterocycles. The second-order valence-corrected chi connectivity index (χ2v) is 5.77. The quantitative estimate of drug-likeness (QED) is 0.806. The predicted molar refractivity (Wildman–Crippen MR) is 77.1 cm³/mol. The van der Waals surface area contributed by atoms with Crippen molar-refractivity contribution in [3.63, 3.8) is 0 Å². The molecular formula is C16H20N2O2. The fraction of sp³-hybridized carbons (Fsp3) is 0.500. The van der Waals surface area contributed by atoms with Gasteiger partial charge in [-0.3, -0.25) is 4.79 Å². The van der Waals surface area contributed by atoms with Crippen LogP contribution in [0.25, 0.3) is 0 Å². The van der Waals surface area contributed by atoms with Crippen LogP contribution in [0.4, 0.5) is 0 Å². The van der Waals surface area contributed by atoms with Gasteiger partial charge in [-0.05, 0) is 30.4 Å². The van der Waals surface area contributed by atoms with E-state index in [2.05, 4.69) is 36.0 Å². The molecule has 1 amide bonds. The zero-order valence-corrected chi connectivity index (χ0v) is 11.9. The summed E-state index contributed by atoms with van der Waals surface area (Å²) in [4.78, 5) is 16.5. The molecule has 0 aromatic carbocycles. The molecule has 1 atom stereocenters. The van der Waals surface area contributed by atoms with Gasteiger partial charge >= 0.3 is 0 Å². The largest absolute Gasteiger partial charge is 0.384 e. The molecule has 1 aliphatic rings. The lowest BCUT2D eigenvalue weighted by Crippen LogP contribution is -2.42. The first kappa shape index (κ1) is 14.5. The minimum atomic E-state index is -0.231. The third-order valence-electron chi connectivity index (χ3n) is 3.89. The van der Waals surface area contributed by atoms with Gasteiger partial charge in [-0.1, -0.05) is 32.1 Å². The Morgan fingerprint density at radius 3 is 3.05 bits per heavy atom. The molecule has 1 aromatic rings. The van der Waals surface area contributed by atoms with Crippen LogP contribution in [0.5, 0.6) is 0 Å². The van der Waals surface area contributed by atoms with Gasteiger partial charge < -0.3 is 10.4 Å².